The lowest BCUT2D eigenvalue weighted by Crippen LogP contribution is -2.42. The van der Waals surface area contributed by atoms with Gasteiger partial charge in [-0.3, -0.25) is 4.90 Å². The molecule has 1 aromatic rings. The molecule has 0 radical (unpaired) electrons. The Balaban J connectivity index is 2.00. The third-order valence-electron chi connectivity index (χ3n) is 2.80. The van der Waals surface area contributed by atoms with E-state index in [1.165, 1.54) is 0 Å². The molecule has 2 rings (SSSR count). The van der Waals surface area contributed by atoms with Gasteiger partial charge in [-0.05, 0) is 17.7 Å². The van der Waals surface area contributed by atoms with E-state index in [0.717, 1.165) is 31.8 Å². The van der Waals surface area contributed by atoms with E-state index in [4.69, 9.17) is 39.5 Å². The second kappa shape index (κ2) is 6.26. The molecule has 1 fully saturated rings. The van der Waals surface area contributed by atoms with Gasteiger partial charge in [0.05, 0.1) is 12.7 Å². The van der Waals surface area contributed by atoms with Crippen molar-refractivity contribution in [2.45, 2.75) is 12.6 Å². The van der Waals surface area contributed by atoms with E-state index in [-0.39, 0.29) is 6.10 Å². The van der Waals surface area contributed by atoms with Crippen molar-refractivity contribution in [2.24, 2.45) is 0 Å². The van der Waals surface area contributed by atoms with E-state index in [1.54, 1.807) is 6.07 Å². The van der Waals surface area contributed by atoms with Gasteiger partial charge >= 0.3 is 0 Å². The summed E-state index contributed by atoms with van der Waals surface area (Å²) in [6.45, 7) is 3.30. The smallest absolute Gasteiger partial charge is 0.0837 e. The molecule has 0 amide bonds. The molecule has 1 aliphatic heterocycles. The van der Waals surface area contributed by atoms with E-state index >= 15 is 0 Å². The van der Waals surface area contributed by atoms with Crippen molar-refractivity contribution in [3.8, 4) is 0 Å². The number of morpholine rings is 1. The lowest BCUT2D eigenvalue weighted by molar-refractivity contribution is -0.0193. The molecule has 17 heavy (non-hydrogen) atoms. The number of rotatable bonds is 3. The van der Waals surface area contributed by atoms with E-state index in [9.17, 15) is 0 Å². The fourth-order valence-electron chi connectivity index (χ4n) is 1.91. The fourth-order valence-corrected chi connectivity index (χ4v) is 2.56. The van der Waals surface area contributed by atoms with E-state index in [0.29, 0.717) is 15.9 Å². The maximum atomic E-state index is 6.15. The topological polar surface area (TPSA) is 12.5 Å². The summed E-state index contributed by atoms with van der Waals surface area (Å²) in [6.07, 6.45) is 0.122. The summed E-state index contributed by atoms with van der Waals surface area (Å²) in [4.78, 5) is 2.30. The van der Waals surface area contributed by atoms with Crippen LogP contribution in [0.3, 0.4) is 0 Å². The first-order valence-electron chi connectivity index (χ1n) is 5.53. The van der Waals surface area contributed by atoms with Gasteiger partial charge in [-0.2, -0.15) is 0 Å². The van der Waals surface area contributed by atoms with Gasteiger partial charge in [0.2, 0.25) is 0 Å². The number of alkyl halides is 1. The first-order valence-corrected chi connectivity index (χ1v) is 6.82. The molecule has 0 N–H and O–H groups in total. The highest BCUT2D eigenvalue weighted by molar-refractivity contribution is 6.35. The number of nitrogens with zero attached hydrogens (tertiary/aromatic N) is 1. The van der Waals surface area contributed by atoms with Gasteiger partial charge in [0.25, 0.3) is 0 Å². The molecule has 1 atom stereocenters. The van der Waals surface area contributed by atoms with Gasteiger partial charge in [0.1, 0.15) is 0 Å². The Labute approximate surface area is 116 Å². The van der Waals surface area contributed by atoms with Crippen LogP contribution >= 0.6 is 34.8 Å². The second-order valence-electron chi connectivity index (χ2n) is 4.12. The third-order valence-corrected chi connectivity index (χ3v) is 3.74. The van der Waals surface area contributed by atoms with Gasteiger partial charge in [-0.15, -0.1) is 11.6 Å². The van der Waals surface area contributed by atoms with Gasteiger partial charge in [0.15, 0.2) is 0 Å². The predicted octanol–water partition coefficient (Wildman–Crippen LogP) is 3.43. The van der Waals surface area contributed by atoms with Crippen molar-refractivity contribution < 1.29 is 4.74 Å². The van der Waals surface area contributed by atoms with Crippen LogP contribution < -0.4 is 0 Å². The minimum atomic E-state index is 0.122. The zero-order chi connectivity index (χ0) is 12.3. The summed E-state index contributed by atoms with van der Waals surface area (Å²) in [6, 6.07) is 5.61. The number of halogens is 3. The Hall–Kier alpha value is 0.01000. The van der Waals surface area contributed by atoms with Crippen LogP contribution in [0.4, 0.5) is 0 Å². The standard InChI is InChI=1S/C12H14Cl3NO/c13-6-11-8-16(3-4-17-11)7-9-1-2-10(14)5-12(9)15/h1-2,5,11H,3-4,6-8H2. The van der Waals surface area contributed by atoms with Crippen molar-refractivity contribution in [1.29, 1.82) is 0 Å². The number of ether oxygens (including phenoxy) is 1. The molecule has 1 unspecified atom stereocenters. The lowest BCUT2D eigenvalue weighted by atomic mass is 10.2. The molecule has 1 aliphatic rings. The van der Waals surface area contributed by atoms with Crippen LogP contribution in [0.15, 0.2) is 18.2 Å². The summed E-state index contributed by atoms with van der Waals surface area (Å²) in [7, 11) is 0. The summed E-state index contributed by atoms with van der Waals surface area (Å²) in [5.41, 5.74) is 1.09. The summed E-state index contributed by atoms with van der Waals surface area (Å²) >= 11 is 17.8. The van der Waals surface area contributed by atoms with Crippen molar-refractivity contribution in [3.05, 3.63) is 33.8 Å². The fraction of sp³-hybridized carbons (Fsp3) is 0.500. The van der Waals surface area contributed by atoms with Crippen molar-refractivity contribution in [2.75, 3.05) is 25.6 Å². The maximum Gasteiger partial charge on any atom is 0.0837 e. The molecular formula is C12H14Cl3NO. The second-order valence-corrected chi connectivity index (χ2v) is 5.27. The van der Waals surface area contributed by atoms with E-state index < -0.39 is 0 Å². The molecule has 0 bridgehead atoms. The Morgan fingerprint density at radius 3 is 2.88 bits per heavy atom. The van der Waals surface area contributed by atoms with Crippen molar-refractivity contribution in [1.82, 2.24) is 4.90 Å². The normalized spacial score (nSPS) is 21.7. The van der Waals surface area contributed by atoms with Crippen LogP contribution in [0.1, 0.15) is 5.56 Å². The number of hydrogen-bond donors (Lipinski definition) is 0. The molecule has 5 heteroatoms. The van der Waals surface area contributed by atoms with Gasteiger partial charge in [-0.25, -0.2) is 0 Å². The predicted molar refractivity (Wildman–Crippen MR) is 72.2 cm³/mol. The largest absolute Gasteiger partial charge is 0.374 e. The van der Waals surface area contributed by atoms with Crippen LogP contribution in [0, 0.1) is 0 Å². The Morgan fingerprint density at radius 1 is 1.35 bits per heavy atom. The van der Waals surface area contributed by atoms with Crippen LogP contribution in [0.2, 0.25) is 10.0 Å². The quantitative estimate of drug-likeness (QED) is 0.792. The van der Waals surface area contributed by atoms with Crippen LogP contribution in [0.5, 0.6) is 0 Å². The third kappa shape index (κ3) is 3.73. The van der Waals surface area contributed by atoms with Crippen molar-refractivity contribution in [3.63, 3.8) is 0 Å². The molecule has 1 aromatic carbocycles. The highest BCUT2D eigenvalue weighted by atomic mass is 35.5. The van der Waals surface area contributed by atoms with Crippen LogP contribution in [0.25, 0.3) is 0 Å². The Morgan fingerprint density at radius 2 is 2.18 bits per heavy atom. The van der Waals surface area contributed by atoms with E-state index in [2.05, 4.69) is 4.90 Å². The molecule has 2 nitrogen and oxygen atoms in total. The highest BCUT2D eigenvalue weighted by Crippen LogP contribution is 2.23. The molecule has 94 valence electrons. The zero-order valence-corrected chi connectivity index (χ0v) is 11.6. The minimum absolute atomic E-state index is 0.122. The first-order chi connectivity index (χ1) is 8.19. The molecule has 0 aliphatic carbocycles. The molecule has 0 aromatic heterocycles. The van der Waals surface area contributed by atoms with Crippen LogP contribution in [-0.4, -0.2) is 36.6 Å². The first kappa shape index (κ1) is 13.4. The van der Waals surface area contributed by atoms with Crippen molar-refractivity contribution >= 4 is 34.8 Å². The number of hydrogen-bond acceptors (Lipinski definition) is 2. The average Bonchev–Trinajstić information content (AvgIpc) is 2.33. The minimum Gasteiger partial charge on any atom is -0.374 e. The summed E-state index contributed by atoms with van der Waals surface area (Å²) < 4.78 is 5.52. The Bertz CT molecular complexity index is 386. The van der Waals surface area contributed by atoms with Gasteiger partial charge in [0, 0.05) is 35.6 Å². The monoisotopic (exact) mass is 293 g/mol. The molecule has 1 saturated heterocycles. The molecule has 1 heterocycles. The van der Waals surface area contributed by atoms with Gasteiger partial charge < -0.3 is 4.74 Å². The van der Waals surface area contributed by atoms with Gasteiger partial charge in [-0.1, -0.05) is 29.3 Å². The molecule has 0 spiro atoms. The molecular weight excluding hydrogens is 280 g/mol. The van der Waals surface area contributed by atoms with Crippen LogP contribution in [-0.2, 0) is 11.3 Å². The zero-order valence-electron chi connectivity index (χ0n) is 9.33. The van der Waals surface area contributed by atoms with E-state index in [1.807, 2.05) is 12.1 Å². The summed E-state index contributed by atoms with van der Waals surface area (Å²) in [5, 5.41) is 1.38. The molecule has 0 saturated carbocycles. The SMILES string of the molecule is ClCC1CN(Cc2ccc(Cl)cc2Cl)CCO1. The average molecular weight is 295 g/mol. The summed E-state index contributed by atoms with van der Waals surface area (Å²) in [5.74, 6) is 0.533. The maximum absolute atomic E-state index is 6.15. The highest BCUT2D eigenvalue weighted by Gasteiger charge is 2.20. The number of benzene rings is 1. The lowest BCUT2D eigenvalue weighted by Gasteiger charge is -2.32. The Kier molecular flexibility index (Phi) is 4.95.